The lowest BCUT2D eigenvalue weighted by Crippen LogP contribution is -1.99. The van der Waals surface area contributed by atoms with Crippen molar-refractivity contribution in [3.63, 3.8) is 0 Å². The predicted octanol–water partition coefficient (Wildman–Crippen LogP) is 1.23. The normalized spacial score (nSPS) is 12.3. The molecular weight excluding hydrogens is 210 g/mol. The van der Waals surface area contributed by atoms with Crippen LogP contribution < -0.4 is 5.73 Å². The Labute approximate surface area is 89.6 Å². The molecule has 2 rings (SSSR count). The lowest BCUT2D eigenvalue weighted by Gasteiger charge is -2.00. The number of aromatic nitrogens is 2. The molecule has 0 saturated carbocycles. The van der Waals surface area contributed by atoms with Gasteiger partial charge < -0.3 is 5.73 Å². The van der Waals surface area contributed by atoms with Gasteiger partial charge in [0.05, 0.1) is 12.4 Å². The molecule has 2 aromatic rings. The molecule has 76 valence electrons. The van der Waals surface area contributed by atoms with Crippen molar-refractivity contribution < 1.29 is 4.21 Å². The second-order valence-corrected chi connectivity index (χ2v) is 4.29. The molecule has 4 nitrogen and oxygen atoms in total. The first-order valence-corrected chi connectivity index (χ1v) is 5.47. The lowest BCUT2D eigenvalue weighted by atomic mass is 10.4. The SMILES string of the molecule is Nc1cnc(S(=O)c2ccccc2)cn1. The van der Waals surface area contributed by atoms with Crippen LogP contribution >= 0.6 is 0 Å². The Morgan fingerprint density at radius 3 is 2.40 bits per heavy atom. The van der Waals surface area contributed by atoms with Gasteiger partial charge >= 0.3 is 0 Å². The molecule has 1 atom stereocenters. The van der Waals surface area contributed by atoms with E-state index in [1.165, 1.54) is 12.4 Å². The van der Waals surface area contributed by atoms with Crippen molar-refractivity contribution in [2.24, 2.45) is 0 Å². The zero-order chi connectivity index (χ0) is 10.7. The summed E-state index contributed by atoms with van der Waals surface area (Å²) in [6, 6.07) is 9.10. The molecule has 0 amide bonds. The van der Waals surface area contributed by atoms with Crippen LogP contribution in [0.1, 0.15) is 0 Å². The van der Waals surface area contributed by atoms with E-state index in [2.05, 4.69) is 9.97 Å². The summed E-state index contributed by atoms with van der Waals surface area (Å²) >= 11 is 0. The lowest BCUT2D eigenvalue weighted by molar-refractivity contribution is 0.680. The first-order chi connectivity index (χ1) is 7.27. The molecule has 1 unspecified atom stereocenters. The maximum atomic E-state index is 11.9. The van der Waals surface area contributed by atoms with Gasteiger partial charge in [0.1, 0.15) is 16.6 Å². The topological polar surface area (TPSA) is 68.9 Å². The molecule has 0 aliphatic heterocycles. The van der Waals surface area contributed by atoms with Crippen molar-refractivity contribution in [3.05, 3.63) is 42.7 Å². The summed E-state index contributed by atoms with van der Waals surface area (Å²) in [6.45, 7) is 0. The van der Waals surface area contributed by atoms with E-state index in [1.807, 2.05) is 18.2 Å². The van der Waals surface area contributed by atoms with Crippen LogP contribution in [-0.4, -0.2) is 14.2 Å². The van der Waals surface area contributed by atoms with Crippen molar-refractivity contribution in [1.82, 2.24) is 9.97 Å². The zero-order valence-electron chi connectivity index (χ0n) is 7.83. The van der Waals surface area contributed by atoms with Crippen LogP contribution in [0.25, 0.3) is 0 Å². The number of nitrogens with two attached hydrogens (primary N) is 1. The molecular formula is C10H9N3OS. The van der Waals surface area contributed by atoms with Crippen LogP contribution in [-0.2, 0) is 10.8 Å². The molecule has 2 N–H and O–H groups in total. The first kappa shape index (κ1) is 9.79. The van der Waals surface area contributed by atoms with E-state index in [-0.39, 0.29) is 0 Å². The Kier molecular flexibility index (Phi) is 2.73. The molecule has 0 fully saturated rings. The quantitative estimate of drug-likeness (QED) is 0.824. The van der Waals surface area contributed by atoms with Gasteiger partial charge in [-0.05, 0) is 12.1 Å². The van der Waals surface area contributed by atoms with E-state index in [0.29, 0.717) is 15.7 Å². The van der Waals surface area contributed by atoms with Gasteiger partial charge in [-0.2, -0.15) is 0 Å². The first-order valence-electron chi connectivity index (χ1n) is 4.32. The maximum Gasteiger partial charge on any atom is 0.150 e. The highest BCUT2D eigenvalue weighted by Crippen LogP contribution is 2.12. The van der Waals surface area contributed by atoms with Crippen LogP contribution in [0.15, 0.2) is 52.6 Å². The second-order valence-electron chi connectivity index (χ2n) is 2.86. The van der Waals surface area contributed by atoms with Crippen molar-refractivity contribution in [2.75, 3.05) is 5.73 Å². The molecule has 0 saturated heterocycles. The molecule has 15 heavy (non-hydrogen) atoms. The Morgan fingerprint density at radius 2 is 1.80 bits per heavy atom. The van der Waals surface area contributed by atoms with E-state index in [1.54, 1.807) is 12.1 Å². The van der Waals surface area contributed by atoms with E-state index >= 15 is 0 Å². The number of nitrogen functional groups attached to an aromatic ring is 1. The van der Waals surface area contributed by atoms with Gasteiger partial charge in [-0.25, -0.2) is 14.2 Å². The molecule has 0 spiro atoms. The maximum absolute atomic E-state index is 11.9. The molecule has 5 heteroatoms. The average molecular weight is 219 g/mol. The number of anilines is 1. The van der Waals surface area contributed by atoms with Crippen LogP contribution in [0.5, 0.6) is 0 Å². The predicted molar refractivity (Wildman–Crippen MR) is 57.6 cm³/mol. The van der Waals surface area contributed by atoms with Crippen LogP contribution in [0, 0.1) is 0 Å². The van der Waals surface area contributed by atoms with Crippen LogP contribution in [0.4, 0.5) is 5.82 Å². The van der Waals surface area contributed by atoms with Crippen molar-refractivity contribution in [1.29, 1.82) is 0 Å². The number of hydrogen-bond acceptors (Lipinski definition) is 4. The number of hydrogen-bond donors (Lipinski definition) is 1. The summed E-state index contributed by atoms with van der Waals surface area (Å²) in [6.07, 6.45) is 2.83. The van der Waals surface area contributed by atoms with E-state index in [0.717, 1.165) is 0 Å². The third kappa shape index (κ3) is 2.19. The zero-order valence-corrected chi connectivity index (χ0v) is 8.65. The van der Waals surface area contributed by atoms with Gasteiger partial charge in [-0.15, -0.1) is 0 Å². The van der Waals surface area contributed by atoms with Gasteiger partial charge in [0.25, 0.3) is 0 Å². The van der Waals surface area contributed by atoms with Crippen molar-refractivity contribution in [2.45, 2.75) is 9.92 Å². The Morgan fingerprint density at radius 1 is 1.07 bits per heavy atom. The summed E-state index contributed by atoms with van der Waals surface area (Å²) in [7, 11) is -1.28. The molecule has 0 radical (unpaired) electrons. The van der Waals surface area contributed by atoms with Gasteiger partial charge in [0.2, 0.25) is 0 Å². The van der Waals surface area contributed by atoms with Gasteiger partial charge in [0, 0.05) is 4.90 Å². The van der Waals surface area contributed by atoms with Gasteiger partial charge in [-0.1, -0.05) is 18.2 Å². The summed E-state index contributed by atoms with van der Waals surface area (Å²) in [4.78, 5) is 8.52. The summed E-state index contributed by atoms with van der Waals surface area (Å²) in [5.74, 6) is 0.323. The smallest absolute Gasteiger partial charge is 0.150 e. The molecule has 0 aliphatic rings. The molecule has 1 aromatic carbocycles. The number of rotatable bonds is 2. The number of nitrogens with zero attached hydrogens (tertiary/aromatic N) is 2. The fraction of sp³-hybridized carbons (Fsp3) is 0. The highest BCUT2D eigenvalue weighted by molar-refractivity contribution is 7.85. The van der Waals surface area contributed by atoms with Crippen molar-refractivity contribution >= 4 is 16.6 Å². The Hall–Kier alpha value is -1.75. The standard InChI is InChI=1S/C10H9N3OS/c11-9-6-13-10(7-12-9)15(14)8-4-2-1-3-5-8/h1-7H,(H2,11,12). The number of benzene rings is 1. The van der Waals surface area contributed by atoms with Gasteiger partial charge in [-0.3, -0.25) is 0 Å². The fourth-order valence-corrected chi connectivity index (χ4v) is 2.03. The molecule has 1 heterocycles. The second kappa shape index (κ2) is 4.18. The van der Waals surface area contributed by atoms with E-state index < -0.39 is 10.8 Å². The third-order valence-corrected chi connectivity index (χ3v) is 3.09. The Bertz CT molecular complexity index is 470. The summed E-state index contributed by atoms with van der Waals surface area (Å²) < 4.78 is 11.9. The molecule has 0 bridgehead atoms. The highest BCUT2D eigenvalue weighted by Gasteiger charge is 2.07. The minimum Gasteiger partial charge on any atom is -0.382 e. The minimum absolute atomic E-state index is 0.323. The van der Waals surface area contributed by atoms with E-state index in [9.17, 15) is 4.21 Å². The van der Waals surface area contributed by atoms with Crippen LogP contribution in [0.2, 0.25) is 0 Å². The van der Waals surface area contributed by atoms with Gasteiger partial charge in [0.15, 0.2) is 5.03 Å². The largest absolute Gasteiger partial charge is 0.382 e. The summed E-state index contributed by atoms with van der Waals surface area (Å²) in [5.41, 5.74) is 5.39. The summed E-state index contributed by atoms with van der Waals surface area (Å²) in [5, 5.41) is 0.412. The monoisotopic (exact) mass is 219 g/mol. The van der Waals surface area contributed by atoms with E-state index in [4.69, 9.17) is 5.73 Å². The molecule has 1 aromatic heterocycles. The van der Waals surface area contributed by atoms with Crippen LogP contribution in [0.3, 0.4) is 0 Å². The minimum atomic E-state index is -1.28. The fourth-order valence-electron chi connectivity index (χ4n) is 1.09. The van der Waals surface area contributed by atoms with Crippen molar-refractivity contribution in [3.8, 4) is 0 Å². The average Bonchev–Trinajstić information content (AvgIpc) is 2.30. The molecule has 0 aliphatic carbocycles. The Balaban J connectivity index is 2.33. The highest BCUT2D eigenvalue weighted by atomic mass is 32.2. The third-order valence-electron chi connectivity index (χ3n) is 1.80.